The van der Waals surface area contributed by atoms with Gasteiger partial charge in [-0.3, -0.25) is 0 Å². The molecule has 0 spiro atoms. The van der Waals surface area contributed by atoms with Crippen molar-refractivity contribution in [1.82, 2.24) is 0 Å². The van der Waals surface area contributed by atoms with Gasteiger partial charge in [0.25, 0.3) is 0 Å². The molecule has 0 fully saturated rings. The second kappa shape index (κ2) is 3.30. The molecule has 0 aromatic heterocycles. The lowest BCUT2D eigenvalue weighted by atomic mass is 10.5. The summed E-state index contributed by atoms with van der Waals surface area (Å²) in [4.78, 5) is 22.9. The summed E-state index contributed by atoms with van der Waals surface area (Å²) in [7, 11) is 0. The Hall–Kier alpha value is -0.900. The maximum absolute atomic E-state index is 9.83. The topological polar surface area (TPSA) is 69.4 Å². The Balaban J connectivity index is 3.17. The van der Waals surface area contributed by atoms with E-state index in [4.69, 9.17) is 0 Å². The molecule has 4 heteroatoms. The molecule has 0 aliphatic rings. The quantitative estimate of drug-likeness (QED) is 0.276. The highest BCUT2D eigenvalue weighted by molar-refractivity contribution is 5.83. The van der Waals surface area contributed by atoms with Crippen LogP contribution in [0.4, 0.5) is 0 Å². The number of aldehydes is 1. The van der Waals surface area contributed by atoms with Crippen LogP contribution in [-0.2, 0) is 14.4 Å². The molecule has 0 aliphatic heterocycles. The predicted molar refractivity (Wildman–Crippen MR) is 21.0 cm³/mol. The van der Waals surface area contributed by atoms with Gasteiger partial charge >= 0.3 is 5.97 Å². The average Bonchev–Trinajstić information content (AvgIpc) is 1.68. The van der Waals surface area contributed by atoms with Gasteiger partial charge in [0.15, 0.2) is 0 Å². The van der Waals surface area contributed by atoms with Gasteiger partial charge in [0.2, 0.25) is 0 Å². The summed E-state index contributed by atoms with van der Waals surface area (Å²) >= 11 is 0. The van der Waals surface area contributed by atoms with E-state index in [1.54, 1.807) is 0 Å². The lowest BCUT2D eigenvalue weighted by Crippen LogP contribution is -2.09. The first-order valence-electron chi connectivity index (χ1n) is 1.64. The summed E-state index contributed by atoms with van der Waals surface area (Å²) in [6, 6.07) is 0. The van der Waals surface area contributed by atoms with Gasteiger partial charge < -0.3 is 9.63 Å². The molecule has 0 aromatic carbocycles. The fourth-order valence-corrected chi connectivity index (χ4v) is 0.116. The maximum Gasteiger partial charge on any atom is 0.331 e. The number of carbonyl (C=O) groups excluding carboxylic acids is 2. The molecule has 40 valence electrons. The minimum Gasteiger partial charge on any atom is -0.373 e. The summed E-state index contributed by atoms with van der Waals surface area (Å²) in [5.41, 5.74) is 0. The molecule has 0 aromatic rings. The molecule has 0 rings (SSSR count). The summed E-state index contributed by atoms with van der Waals surface area (Å²) in [5.74, 6) is 3.64. The summed E-state index contributed by atoms with van der Waals surface area (Å²) in [5, 5.41) is 0. The van der Waals surface area contributed by atoms with E-state index in [0.717, 1.165) is 0 Å². The SMILES string of the molecule is NOC(=O)CC=O. The zero-order chi connectivity index (χ0) is 5.70. The third kappa shape index (κ3) is 2.92. The molecule has 0 heterocycles. The first-order chi connectivity index (χ1) is 3.31. The Kier molecular flexibility index (Phi) is 2.87. The normalized spacial score (nSPS) is 7.57. The van der Waals surface area contributed by atoms with Crippen molar-refractivity contribution in [2.45, 2.75) is 6.42 Å². The number of hydrogen-bond donors (Lipinski definition) is 1. The Morgan fingerprint density at radius 1 is 1.86 bits per heavy atom. The van der Waals surface area contributed by atoms with Gasteiger partial charge in [0.05, 0.1) is 0 Å². The molecule has 0 unspecified atom stereocenters. The second-order valence-corrected chi connectivity index (χ2v) is 0.861. The molecule has 0 saturated carbocycles. The van der Waals surface area contributed by atoms with Gasteiger partial charge in [-0.2, -0.15) is 5.90 Å². The van der Waals surface area contributed by atoms with Crippen LogP contribution < -0.4 is 5.90 Å². The van der Waals surface area contributed by atoms with E-state index in [0.29, 0.717) is 6.29 Å². The monoisotopic (exact) mass is 103 g/mol. The minimum atomic E-state index is -0.713. The van der Waals surface area contributed by atoms with Crippen LogP contribution in [0, 0.1) is 0 Å². The van der Waals surface area contributed by atoms with Gasteiger partial charge in [0, 0.05) is 0 Å². The maximum atomic E-state index is 9.83. The molecule has 2 N–H and O–H groups in total. The molecule has 0 atom stereocenters. The minimum absolute atomic E-state index is 0.267. The van der Waals surface area contributed by atoms with Gasteiger partial charge in [0.1, 0.15) is 12.7 Å². The lowest BCUT2D eigenvalue weighted by Gasteiger charge is -1.85. The number of nitrogens with two attached hydrogens (primary N) is 1. The number of carbonyl (C=O) groups is 2. The molecule has 0 amide bonds. The van der Waals surface area contributed by atoms with Crippen molar-refractivity contribution >= 4 is 12.3 Å². The highest BCUT2D eigenvalue weighted by Crippen LogP contribution is 1.71. The summed E-state index contributed by atoms with van der Waals surface area (Å²) < 4.78 is 0. The molecule has 4 nitrogen and oxygen atoms in total. The molecule has 0 saturated heterocycles. The standard InChI is InChI=1S/C3H5NO3/c4-7-3(6)1-2-5/h2H,1,4H2. The van der Waals surface area contributed by atoms with Crippen molar-refractivity contribution in [2.24, 2.45) is 5.90 Å². The molecule has 0 aliphatic carbocycles. The fraction of sp³-hybridized carbons (Fsp3) is 0.333. The van der Waals surface area contributed by atoms with Crippen LogP contribution >= 0.6 is 0 Å². The van der Waals surface area contributed by atoms with Crippen LogP contribution in [-0.4, -0.2) is 12.3 Å². The summed E-state index contributed by atoms with van der Waals surface area (Å²) in [6.07, 6.45) is 0.158. The molecular weight excluding hydrogens is 98.0 g/mol. The van der Waals surface area contributed by atoms with Crippen LogP contribution in [0.25, 0.3) is 0 Å². The Labute approximate surface area is 40.2 Å². The Morgan fingerprint density at radius 2 is 2.43 bits per heavy atom. The van der Waals surface area contributed by atoms with Gasteiger partial charge in [-0.05, 0) is 0 Å². The van der Waals surface area contributed by atoms with E-state index < -0.39 is 5.97 Å². The lowest BCUT2D eigenvalue weighted by molar-refractivity contribution is -0.144. The van der Waals surface area contributed by atoms with E-state index in [1.165, 1.54) is 0 Å². The zero-order valence-corrected chi connectivity index (χ0v) is 3.59. The number of rotatable bonds is 2. The van der Waals surface area contributed by atoms with Crippen LogP contribution in [0.1, 0.15) is 6.42 Å². The van der Waals surface area contributed by atoms with Crippen molar-refractivity contribution < 1.29 is 14.4 Å². The van der Waals surface area contributed by atoms with Crippen molar-refractivity contribution in [1.29, 1.82) is 0 Å². The Bertz CT molecular complexity index is 80.2. The highest BCUT2D eigenvalue weighted by Gasteiger charge is 1.94. The summed E-state index contributed by atoms with van der Waals surface area (Å²) in [6.45, 7) is 0. The van der Waals surface area contributed by atoms with E-state index in [-0.39, 0.29) is 6.42 Å². The Morgan fingerprint density at radius 3 is 2.57 bits per heavy atom. The van der Waals surface area contributed by atoms with E-state index in [2.05, 4.69) is 10.7 Å². The van der Waals surface area contributed by atoms with Crippen LogP contribution in [0.5, 0.6) is 0 Å². The molecule has 7 heavy (non-hydrogen) atoms. The van der Waals surface area contributed by atoms with Crippen LogP contribution in [0.3, 0.4) is 0 Å². The van der Waals surface area contributed by atoms with E-state index in [1.807, 2.05) is 0 Å². The fourth-order valence-electron chi connectivity index (χ4n) is 0.116. The van der Waals surface area contributed by atoms with Gasteiger partial charge in [-0.15, -0.1) is 0 Å². The first kappa shape index (κ1) is 6.10. The predicted octanol–water partition coefficient (Wildman–Crippen LogP) is -1.01. The third-order valence-electron chi connectivity index (χ3n) is 0.381. The molecular formula is C3H5NO3. The van der Waals surface area contributed by atoms with Gasteiger partial charge in [-0.25, -0.2) is 4.79 Å². The van der Waals surface area contributed by atoms with E-state index >= 15 is 0 Å². The van der Waals surface area contributed by atoms with E-state index in [9.17, 15) is 9.59 Å². The molecule has 0 bridgehead atoms. The average molecular weight is 103 g/mol. The third-order valence-corrected chi connectivity index (χ3v) is 0.381. The van der Waals surface area contributed by atoms with Crippen molar-refractivity contribution in [2.75, 3.05) is 0 Å². The zero-order valence-electron chi connectivity index (χ0n) is 3.59. The number of hydrogen-bond acceptors (Lipinski definition) is 4. The first-order valence-corrected chi connectivity index (χ1v) is 1.64. The largest absolute Gasteiger partial charge is 0.373 e. The van der Waals surface area contributed by atoms with Crippen molar-refractivity contribution in [3.05, 3.63) is 0 Å². The van der Waals surface area contributed by atoms with Crippen LogP contribution in [0.2, 0.25) is 0 Å². The highest BCUT2D eigenvalue weighted by atomic mass is 16.7. The van der Waals surface area contributed by atoms with Crippen molar-refractivity contribution in [3.8, 4) is 0 Å². The smallest absolute Gasteiger partial charge is 0.331 e. The second-order valence-electron chi connectivity index (χ2n) is 0.861. The van der Waals surface area contributed by atoms with Crippen LogP contribution in [0.15, 0.2) is 0 Å². The molecule has 0 radical (unpaired) electrons. The van der Waals surface area contributed by atoms with Crippen molar-refractivity contribution in [3.63, 3.8) is 0 Å². The van der Waals surface area contributed by atoms with Gasteiger partial charge in [-0.1, -0.05) is 0 Å².